The first kappa shape index (κ1) is 19.0. The van der Waals surface area contributed by atoms with Crippen LogP contribution in [0.2, 0.25) is 0 Å². The summed E-state index contributed by atoms with van der Waals surface area (Å²) in [6.45, 7) is 1.71. The van der Waals surface area contributed by atoms with Crippen LogP contribution < -0.4 is 14.8 Å². The molecule has 1 atom stereocenters. The molecule has 4 amide bonds. The third-order valence-corrected chi connectivity index (χ3v) is 5.02. The Morgan fingerprint density at radius 2 is 1.85 bits per heavy atom. The molecule has 3 rings (SSSR count). The molecule has 2 fully saturated rings. The van der Waals surface area contributed by atoms with Crippen molar-refractivity contribution in [1.82, 2.24) is 15.1 Å². The first-order valence-corrected chi connectivity index (χ1v) is 9.14. The fraction of sp³-hybridized carbons (Fsp3) is 0.526. The first-order valence-electron chi connectivity index (χ1n) is 9.14. The van der Waals surface area contributed by atoms with Crippen LogP contribution in [0.15, 0.2) is 18.2 Å². The molecule has 0 saturated carbocycles. The zero-order valence-electron chi connectivity index (χ0n) is 15.7. The van der Waals surface area contributed by atoms with Crippen molar-refractivity contribution in [2.45, 2.75) is 31.7 Å². The van der Waals surface area contributed by atoms with Gasteiger partial charge in [-0.15, -0.1) is 0 Å². The van der Waals surface area contributed by atoms with E-state index in [-0.39, 0.29) is 24.8 Å². The van der Waals surface area contributed by atoms with E-state index in [4.69, 9.17) is 9.47 Å². The number of nitrogens with one attached hydrogen (secondary N) is 1. The normalized spacial score (nSPS) is 19.4. The van der Waals surface area contributed by atoms with E-state index in [1.54, 1.807) is 25.2 Å². The molecule has 0 aliphatic carbocycles. The summed E-state index contributed by atoms with van der Waals surface area (Å²) < 4.78 is 10.5. The van der Waals surface area contributed by atoms with Gasteiger partial charge in [0.1, 0.15) is 6.04 Å². The van der Waals surface area contributed by atoms with Gasteiger partial charge in [-0.3, -0.25) is 14.5 Å². The number of urea groups is 1. The van der Waals surface area contributed by atoms with Crippen molar-refractivity contribution in [3.63, 3.8) is 0 Å². The van der Waals surface area contributed by atoms with E-state index in [0.717, 1.165) is 31.5 Å². The second-order valence-corrected chi connectivity index (χ2v) is 6.72. The molecule has 1 aromatic rings. The van der Waals surface area contributed by atoms with Crippen molar-refractivity contribution < 1.29 is 23.9 Å². The van der Waals surface area contributed by atoms with Crippen molar-refractivity contribution in [1.29, 1.82) is 0 Å². The molecule has 1 N–H and O–H groups in total. The SMILES string of the molecule is COc1ccc(CCN2C(=O)NC(CC(=O)N3CCCC3)C2=O)cc1OC. The predicted octanol–water partition coefficient (Wildman–Crippen LogP) is 1.18. The zero-order valence-corrected chi connectivity index (χ0v) is 15.7. The van der Waals surface area contributed by atoms with Gasteiger partial charge in [0.2, 0.25) is 5.91 Å². The molecule has 2 heterocycles. The fourth-order valence-corrected chi connectivity index (χ4v) is 3.47. The summed E-state index contributed by atoms with van der Waals surface area (Å²) in [7, 11) is 3.12. The molecule has 2 aliphatic heterocycles. The molecule has 146 valence electrons. The zero-order chi connectivity index (χ0) is 19.4. The number of hydrogen-bond acceptors (Lipinski definition) is 5. The minimum absolute atomic E-state index is 0.0252. The van der Waals surface area contributed by atoms with Crippen LogP contribution in [0.4, 0.5) is 4.79 Å². The van der Waals surface area contributed by atoms with E-state index in [1.165, 1.54) is 4.90 Å². The Hall–Kier alpha value is -2.77. The topological polar surface area (TPSA) is 88.2 Å². The minimum atomic E-state index is -0.768. The number of carbonyl (C=O) groups excluding carboxylic acids is 3. The quantitative estimate of drug-likeness (QED) is 0.723. The largest absolute Gasteiger partial charge is 0.493 e. The lowest BCUT2D eigenvalue weighted by Gasteiger charge is -2.17. The lowest BCUT2D eigenvalue weighted by Crippen LogP contribution is -2.38. The lowest BCUT2D eigenvalue weighted by atomic mass is 10.1. The van der Waals surface area contributed by atoms with Gasteiger partial charge in [-0.2, -0.15) is 0 Å². The third-order valence-electron chi connectivity index (χ3n) is 5.02. The van der Waals surface area contributed by atoms with E-state index < -0.39 is 12.1 Å². The maximum Gasteiger partial charge on any atom is 0.324 e. The van der Waals surface area contributed by atoms with Gasteiger partial charge in [0, 0.05) is 19.6 Å². The summed E-state index contributed by atoms with van der Waals surface area (Å²) in [5, 5.41) is 2.63. The summed E-state index contributed by atoms with van der Waals surface area (Å²) in [6.07, 6.45) is 2.51. The van der Waals surface area contributed by atoms with Crippen molar-refractivity contribution in [2.75, 3.05) is 33.9 Å². The van der Waals surface area contributed by atoms with E-state index >= 15 is 0 Å². The predicted molar refractivity (Wildman–Crippen MR) is 97.7 cm³/mol. The Kier molecular flexibility index (Phi) is 5.83. The molecule has 0 bridgehead atoms. The van der Waals surface area contributed by atoms with Gasteiger partial charge in [0.05, 0.1) is 20.6 Å². The van der Waals surface area contributed by atoms with Crippen molar-refractivity contribution >= 4 is 17.8 Å². The van der Waals surface area contributed by atoms with Crippen LogP contribution in [-0.4, -0.2) is 67.5 Å². The highest BCUT2D eigenvalue weighted by molar-refractivity contribution is 6.05. The molecule has 0 radical (unpaired) electrons. The average Bonchev–Trinajstić information content (AvgIpc) is 3.29. The third kappa shape index (κ3) is 4.15. The van der Waals surface area contributed by atoms with Gasteiger partial charge in [-0.05, 0) is 37.0 Å². The highest BCUT2D eigenvalue weighted by atomic mass is 16.5. The standard InChI is InChI=1S/C19H25N3O5/c1-26-15-6-5-13(11-16(15)27-2)7-10-22-18(24)14(20-19(22)25)12-17(23)21-8-3-4-9-21/h5-6,11,14H,3-4,7-10,12H2,1-2H3,(H,20,25). The van der Waals surface area contributed by atoms with Gasteiger partial charge in [0.25, 0.3) is 5.91 Å². The monoisotopic (exact) mass is 375 g/mol. The molecular weight excluding hydrogens is 350 g/mol. The number of hydrogen-bond donors (Lipinski definition) is 1. The summed E-state index contributed by atoms with van der Waals surface area (Å²) in [4.78, 5) is 39.9. The van der Waals surface area contributed by atoms with Gasteiger partial charge < -0.3 is 19.7 Å². The average molecular weight is 375 g/mol. The second kappa shape index (κ2) is 8.28. The molecule has 8 nitrogen and oxygen atoms in total. The Balaban J connectivity index is 1.58. The first-order chi connectivity index (χ1) is 13.0. The molecule has 1 aromatic carbocycles. The summed E-state index contributed by atoms with van der Waals surface area (Å²) in [5.74, 6) is 0.805. The van der Waals surface area contributed by atoms with E-state index in [9.17, 15) is 14.4 Å². The lowest BCUT2D eigenvalue weighted by molar-refractivity contribution is -0.135. The Bertz CT molecular complexity index is 730. The Labute approximate surface area is 158 Å². The number of likely N-dealkylation sites (tertiary alicyclic amines) is 1. The minimum Gasteiger partial charge on any atom is -0.493 e. The fourth-order valence-electron chi connectivity index (χ4n) is 3.47. The van der Waals surface area contributed by atoms with Crippen LogP contribution in [0.3, 0.4) is 0 Å². The number of rotatable bonds is 7. The van der Waals surface area contributed by atoms with Crippen LogP contribution in [-0.2, 0) is 16.0 Å². The van der Waals surface area contributed by atoms with Gasteiger partial charge >= 0.3 is 6.03 Å². The smallest absolute Gasteiger partial charge is 0.324 e. The number of carbonyl (C=O) groups is 3. The highest BCUT2D eigenvalue weighted by Gasteiger charge is 2.39. The van der Waals surface area contributed by atoms with Crippen LogP contribution in [0, 0.1) is 0 Å². The Morgan fingerprint density at radius 3 is 2.52 bits per heavy atom. The molecule has 8 heteroatoms. The molecule has 1 unspecified atom stereocenters. The number of imide groups is 1. The molecular formula is C19H25N3O5. The number of methoxy groups -OCH3 is 2. The number of amides is 4. The Morgan fingerprint density at radius 1 is 1.15 bits per heavy atom. The maximum atomic E-state index is 12.5. The summed E-state index contributed by atoms with van der Waals surface area (Å²) in [6, 6.07) is 4.27. The van der Waals surface area contributed by atoms with Gasteiger partial charge in [-0.1, -0.05) is 6.07 Å². The van der Waals surface area contributed by atoms with Crippen molar-refractivity contribution in [2.24, 2.45) is 0 Å². The number of benzene rings is 1. The van der Waals surface area contributed by atoms with E-state index in [1.807, 2.05) is 12.1 Å². The molecule has 2 saturated heterocycles. The van der Waals surface area contributed by atoms with Crippen LogP contribution in [0.5, 0.6) is 11.5 Å². The van der Waals surface area contributed by atoms with Crippen molar-refractivity contribution in [3.05, 3.63) is 23.8 Å². The second-order valence-electron chi connectivity index (χ2n) is 6.72. The van der Waals surface area contributed by atoms with E-state index in [2.05, 4.69) is 5.32 Å². The van der Waals surface area contributed by atoms with Crippen molar-refractivity contribution in [3.8, 4) is 11.5 Å². The summed E-state index contributed by atoms with van der Waals surface area (Å²) >= 11 is 0. The highest BCUT2D eigenvalue weighted by Crippen LogP contribution is 2.28. The number of nitrogens with zero attached hydrogens (tertiary/aromatic N) is 2. The van der Waals surface area contributed by atoms with Gasteiger partial charge in [0.15, 0.2) is 11.5 Å². The molecule has 2 aliphatic rings. The van der Waals surface area contributed by atoms with Crippen LogP contribution in [0.1, 0.15) is 24.8 Å². The van der Waals surface area contributed by atoms with Gasteiger partial charge in [-0.25, -0.2) is 4.79 Å². The van der Waals surface area contributed by atoms with E-state index in [0.29, 0.717) is 17.9 Å². The molecule has 0 aromatic heterocycles. The molecule has 27 heavy (non-hydrogen) atoms. The summed E-state index contributed by atoms with van der Waals surface area (Å²) in [5.41, 5.74) is 0.921. The molecule has 0 spiro atoms. The number of ether oxygens (including phenoxy) is 2. The van der Waals surface area contributed by atoms with Crippen LogP contribution in [0.25, 0.3) is 0 Å². The van der Waals surface area contributed by atoms with Crippen LogP contribution >= 0.6 is 0 Å². The maximum absolute atomic E-state index is 12.5.